The Balaban J connectivity index is 0.000000420. The fraction of sp³-hybridized carbons (Fsp3) is 0.467. The summed E-state index contributed by atoms with van der Waals surface area (Å²) in [6, 6.07) is 12.4. The number of carbonyl (C=O) groups excluding carboxylic acids is 1. The zero-order valence-corrected chi connectivity index (χ0v) is 24.5. The standard InChI is InChI=1S/C24H31FN2O3.C6H8O7/c1-4-16-30-23-19(6-5-7-22(23)29-3)17-27-14-12-24(13-15-27,26-18(2)28)20-8-10-21(25)11-9-20;7-3(8)1-6(13,5(11)12)2-4(9)10/h5-11H,4,12-17H2,1-3H3,(H,26,28);13H,1-2H2,(H,7,8)(H,9,10)(H,11,12). The lowest BCUT2D eigenvalue weighted by molar-refractivity contribution is -0.170. The van der Waals surface area contributed by atoms with E-state index in [2.05, 4.69) is 23.2 Å². The third-order valence-corrected chi connectivity index (χ3v) is 6.93. The summed E-state index contributed by atoms with van der Waals surface area (Å²) in [7, 11) is 1.66. The average Bonchev–Trinajstić information content (AvgIpc) is 2.92. The molecule has 236 valence electrons. The van der Waals surface area contributed by atoms with E-state index in [1.807, 2.05) is 12.1 Å². The lowest BCUT2D eigenvalue weighted by Crippen LogP contribution is -2.52. The molecule has 0 aliphatic carbocycles. The molecule has 1 heterocycles. The van der Waals surface area contributed by atoms with E-state index in [0.29, 0.717) is 6.61 Å². The number of rotatable bonds is 13. The minimum Gasteiger partial charge on any atom is -0.493 e. The van der Waals surface area contributed by atoms with E-state index in [4.69, 9.17) is 29.9 Å². The molecule has 0 radical (unpaired) electrons. The number of halogens is 1. The number of hydrogen-bond acceptors (Lipinski definition) is 8. The van der Waals surface area contributed by atoms with Crippen LogP contribution in [0.5, 0.6) is 11.5 Å². The molecule has 1 aliphatic heterocycles. The topological polar surface area (TPSA) is 183 Å². The molecule has 1 saturated heterocycles. The number of methoxy groups -OCH3 is 1. The van der Waals surface area contributed by atoms with Crippen molar-refractivity contribution in [3.63, 3.8) is 0 Å². The normalized spacial score (nSPS) is 14.5. The van der Waals surface area contributed by atoms with Gasteiger partial charge in [0.15, 0.2) is 17.1 Å². The first-order chi connectivity index (χ1) is 20.2. The predicted octanol–water partition coefficient (Wildman–Crippen LogP) is 3.00. The van der Waals surface area contributed by atoms with Crippen molar-refractivity contribution >= 4 is 23.8 Å². The summed E-state index contributed by atoms with van der Waals surface area (Å²) in [6.07, 6.45) is 0.155. The molecule has 5 N–H and O–H groups in total. The summed E-state index contributed by atoms with van der Waals surface area (Å²) in [5.74, 6) is -3.81. The minimum atomic E-state index is -2.74. The molecule has 43 heavy (non-hydrogen) atoms. The maximum absolute atomic E-state index is 13.4. The summed E-state index contributed by atoms with van der Waals surface area (Å²) in [5, 5.41) is 37.0. The van der Waals surface area contributed by atoms with Gasteiger partial charge >= 0.3 is 17.9 Å². The molecule has 12 nitrogen and oxygen atoms in total. The molecule has 0 aromatic heterocycles. The van der Waals surface area contributed by atoms with Gasteiger partial charge in [0.25, 0.3) is 0 Å². The third-order valence-electron chi connectivity index (χ3n) is 6.93. The van der Waals surface area contributed by atoms with E-state index in [1.54, 1.807) is 19.2 Å². The van der Waals surface area contributed by atoms with Gasteiger partial charge < -0.3 is 35.2 Å². The molecule has 2 aromatic rings. The zero-order valence-electron chi connectivity index (χ0n) is 24.5. The van der Waals surface area contributed by atoms with Crippen LogP contribution in [0, 0.1) is 5.82 Å². The molecule has 1 aliphatic rings. The van der Waals surface area contributed by atoms with Gasteiger partial charge in [0, 0.05) is 32.1 Å². The number of piperidine rings is 1. The number of hydrogen-bond donors (Lipinski definition) is 5. The highest BCUT2D eigenvalue weighted by Gasteiger charge is 2.41. The second kappa shape index (κ2) is 15.8. The van der Waals surface area contributed by atoms with Crippen molar-refractivity contribution in [3.8, 4) is 11.5 Å². The van der Waals surface area contributed by atoms with Gasteiger partial charge in [-0.2, -0.15) is 0 Å². The van der Waals surface area contributed by atoms with E-state index in [0.717, 1.165) is 61.5 Å². The molecular weight excluding hydrogens is 567 g/mol. The van der Waals surface area contributed by atoms with E-state index in [9.17, 15) is 23.6 Å². The number of carboxylic acid groups (broad SMARTS) is 3. The van der Waals surface area contributed by atoms with Gasteiger partial charge in [-0.3, -0.25) is 19.3 Å². The quantitative estimate of drug-likeness (QED) is 0.226. The van der Waals surface area contributed by atoms with E-state index in [-0.39, 0.29) is 11.7 Å². The highest BCUT2D eigenvalue weighted by molar-refractivity contribution is 5.88. The van der Waals surface area contributed by atoms with Gasteiger partial charge in [0.2, 0.25) is 5.91 Å². The largest absolute Gasteiger partial charge is 0.493 e. The Labute approximate surface area is 249 Å². The molecule has 1 amide bonds. The van der Waals surface area contributed by atoms with Gasteiger partial charge in [0.05, 0.1) is 32.1 Å². The van der Waals surface area contributed by atoms with Crippen molar-refractivity contribution in [1.82, 2.24) is 10.2 Å². The molecule has 0 bridgehead atoms. The van der Waals surface area contributed by atoms with Crippen LogP contribution in [0.1, 0.15) is 57.1 Å². The highest BCUT2D eigenvalue weighted by Crippen LogP contribution is 2.36. The lowest BCUT2D eigenvalue weighted by atomic mass is 9.80. The molecule has 0 unspecified atom stereocenters. The van der Waals surface area contributed by atoms with Gasteiger partial charge in [0.1, 0.15) is 5.82 Å². The number of aliphatic hydroxyl groups is 1. The van der Waals surface area contributed by atoms with Crippen LogP contribution in [0.2, 0.25) is 0 Å². The molecule has 0 saturated carbocycles. The fourth-order valence-corrected chi connectivity index (χ4v) is 4.85. The Bertz CT molecular complexity index is 1240. The minimum absolute atomic E-state index is 0.0733. The predicted molar refractivity (Wildman–Crippen MR) is 152 cm³/mol. The maximum Gasteiger partial charge on any atom is 0.336 e. The summed E-state index contributed by atoms with van der Waals surface area (Å²) >= 11 is 0. The fourth-order valence-electron chi connectivity index (χ4n) is 4.85. The first-order valence-electron chi connectivity index (χ1n) is 13.7. The summed E-state index contributed by atoms with van der Waals surface area (Å²) in [5.41, 5.74) is -1.16. The number of para-hydroxylation sites is 1. The summed E-state index contributed by atoms with van der Waals surface area (Å²) in [4.78, 5) is 44.8. The lowest BCUT2D eigenvalue weighted by Gasteiger charge is -2.43. The number of nitrogens with one attached hydrogen (secondary N) is 1. The molecule has 13 heteroatoms. The Morgan fingerprint density at radius 2 is 1.58 bits per heavy atom. The monoisotopic (exact) mass is 606 g/mol. The molecule has 2 aromatic carbocycles. The van der Waals surface area contributed by atoms with Crippen molar-refractivity contribution in [3.05, 3.63) is 59.4 Å². The summed E-state index contributed by atoms with van der Waals surface area (Å²) < 4.78 is 24.9. The van der Waals surface area contributed by atoms with Crippen LogP contribution in [0.3, 0.4) is 0 Å². The van der Waals surface area contributed by atoms with E-state index < -0.39 is 41.9 Å². The Morgan fingerprint density at radius 3 is 2.05 bits per heavy atom. The summed E-state index contributed by atoms with van der Waals surface area (Å²) in [6.45, 7) is 6.62. The van der Waals surface area contributed by atoms with Crippen LogP contribution in [-0.2, 0) is 31.3 Å². The Hall–Kier alpha value is -4.23. The number of carboxylic acids is 3. The van der Waals surface area contributed by atoms with Crippen molar-refractivity contribution in [2.24, 2.45) is 0 Å². The highest BCUT2D eigenvalue weighted by atomic mass is 19.1. The van der Waals surface area contributed by atoms with Crippen LogP contribution < -0.4 is 14.8 Å². The van der Waals surface area contributed by atoms with Crippen LogP contribution in [0.4, 0.5) is 4.39 Å². The van der Waals surface area contributed by atoms with Gasteiger partial charge in [-0.1, -0.05) is 31.2 Å². The van der Waals surface area contributed by atoms with Crippen molar-refractivity contribution in [1.29, 1.82) is 0 Å². The number of ether oxygens (including phenoxy) is 2. The second-order valence-electron chi connectivity index (χ2n) is 10.3. The third kappa shape index (κ3) is 10.2. The number of carbonyl (C=O) groups is 4. The van der Waals surface area contributed by atoms with Crippen LogP contribution in [0.25, 0.3) is 0 Å². The first kappa shape index (κ1) is 35.0. The van der Waals surface area contributed by atoms with Crippen molar-refractivity contribution in [2.45, 2.75) is 63.6 Å². The zero-order chi connectivity index (χ0) is 32.2. The number of benzene rings is 2. The second-order valence-corrected chi connectivity index (χ2v) is 10.3. The average molecular weight is 607 g/mol. The van der Waals surface area contributed by atoms with Crippen molar-refractivity contribution < 1.29 is 53.5 Å². The first-order valence-corrected chi connectivity index (χ1v) is 13.7. The van der Waals surface area contributed by atoms with Gasteiger partial charge in [-0.15, -0.1) is 0 Å². The van der Waals surface area contributed by atoms with E-state index in [1.165, 1.54) is 19.1 Å². The van der Waals surface area contributed by atoms with Gasteiger partial charge in [-0.05, 0) is 43.0 Å². The van der Waals surface area contributed by atoms with Crippen LogP contribution in [0.15, 0.2) is 42.5 Å². The maximum atomic E-state index is 13.4. The molecule has 3 rings (SSSR count). The molecule has 0 atom stereocenters. The molecule has 1 fully saturated rings. The smallest absolute Gasteiger partial charge is 0.336 e. The molecule has 0 spiro atoms. The van der Waals surface area contributed by atoms with Gasteiger partial charge in [-0.25, -0.2) is 9.18 Å². The van der Waals surface area contributed by atoms with E-state index >= 15 is 0 Å². The Morgan fingerprint density at radius 1 is 1.00 bits per heavy atom. The van der Waals surface area contributed by atoms with Crippen LogP contribution in [-0.4, -0.2) is 81.5 Å². The number of nitrogens with zero attached hydrogens (tertiary/aromatic N) is 1. The van der Waals surface area contributed by atoms with Crippen LogP contribution >= 0.6 is 0 Å². The number of amides is 1. The molecular formula is C30H39FN2O10. The SMILES string of the molecule is CCCOc1c(CN2CCC(NC(C)=O)(c3ccc(F)cc3)CC2)cccc1OC.O=C(O)CC(O)(CC(=O)O)C(=O)O. The number of aliphatic carboxylic acids is 3. The Kier molecular flexibility index (Phi) is 12.9. The number of likely N-dealkylation sites (tertiary alicyclic amines) is 1. The van der Waals surface area contributed by atoms with Crippen molar-refractivity contribution in [2.75, 3.05) is 26.8 Å².